The lowest BCUT2D eigenvalue weighted by atomic mass is 10.1. The van der Waals surface area contributed by atoms with E-state index in [1.165, 1.54) is 22.5 Å². The van der Waals surface area contributed by atoms with Gasteiger partial charge in [-0.15, -0.1) is 11.3 Å². The van der Waals surface area contributed by atoms with Crippen molar-refractivity contribution in [2.24, 2.45) is 0 Å². The molecule has 26 heavy (non-hydrogen) atoms. The number of aryl methyl sites for hydroxylation is 3. The van der Waals surface area contributed by atoms with Crippen molar-refractivity contribution in [1.29, 1.82) is 0 Å². The second-order valence-corrected chi connectivity index (χ2v) is 8.02. The van der Waals surface area contributed by atoms with E-state index in [4.69, 9.17) is 0 Å². The number of hydrogen-bond donors (Lipinski definition) is 0. The second-order valence-electron chi connectivity index (χ2n) is 6.24. The van der Waals surface area contributed by atoms with Gasteiger partial charge >= 0.3 is 0 Å². The van der Waals surface area contributed by atoms with Gasteiger partial charge in [-0.2, -0.15) is 0 Å². The minimum absolute atomic E-state index is 0.0257. The van der Waals surface area contributed by atoms with Crippen LogP contribution in [0, 0.1) is 20.8 Å². The first-order chi connectivity index (χ1) is 12.5. The molecule has 0 aliphatic carbocycles. The predicted molar refractivity (Wildman–Crippen MR) is 107 cm³/mol. The van der Waals surface area contributed by atoms with Gasteiger partial charge in [0.25, 0.3) is 5.56 Å². The highest BCUT2D eigenvalue weighted by Crippen LogP contribution is 2.26. The van der Waals surface area contributed by atoms with E-state index in [0.29, 0.717) is 5.75 Å². The summed E-state index contributed by atoms with van der Waals surface area (Å²) in [5, 5.41) is 2.84. The molecule has 4 aromatic rings. The van der Waals surface area contributed by atoms with E-state index in [-0.39, 0.29) is 5.56 Å². The molecule has 7 heteroatoms. The minimum atomic E-state index is -0.0257. The topological polar surface area (TPSA) is 52.2 Å². The predicted octanol–water partition coefficient (Wildman–Crippen LogP) is 4.16. The van der Waals surface area contributed by atoms with Gasteiger partial charge in [0.05, 0.1) is 11.4 Å². The first kappa shape index (κ1) is 17.1. The molecule has 0 saturated carbocycles. The third-order valence-corrected chi connectivity index (χ3v) is 6.15. The van der Waals surface area contributed by atoms with Crippen LogP contribution in [0.4, 0.5) is 0 Å². The van der Waals surface area contributed by atoms with E-state index in [9.17, 15) is 4.79 Å². The smallest absolute Gasteiger partial charge is 0.258 e. The van der Waals surface area contributed by atoms with Gasteiger partial charge in [0.15, 0.2) is 10.1 Å². The zero-order valence-corrected chi connectivity index (χ0v) is 16.4. The maximum Gasteiger partial charge on any atom is 0.258 e. The van der Waals surface area contributed by atoms with Crippen LogP contribution in [0.1, 0.15) is 22.5 Å². The highest BCUT2D eigenvalue weighted by molar-refractivity contribution is 7.98. The van der Waals surface area contributed by atoms with Gasteiger partial charge < -0.3 is 0 Å². The molecular formula is C19H18N4OS2. The van der Waals surface area contributed by atoms with Crippen LogP contribution in [-0.4, -0.2) is 18.9 Å². The summed E-state index contributed by atoms with van der Waals surface area (Å²) in [4.78, 5) is 22.2. The van der Waals surface area contributed by atoms with Crippen LogP contribution in [0.25, 0.3) is 10.6 Å². The highest BCUT2D eigenvalue weighted by atomic mass is 32.2. The van der Waals surface area contributed by atoms with Gasteiger partial charge in [-0.05, 0) is 38.0 Å². The normalized spacial score (nSPS) is 11.3. The molecule has 5 nitrogen and oxygen atoms in total. The van der Waals surface area contributed by atoms with E-state index in [0.717, 1.165) is 27.2 Å². The standard InChI is InChI=1S/C19H18N4OS2/c1-12-4-5-13(2)16(8-12)22-7-6-20-18(22)26-11-15-9-17(24)23-14(3)10-25-19(23)21-15/h4-10H,11H2,1-3H3. The summed E-state index contributed by atoms with van der Waals surface area (Å²) in [6.07, 6.45) is 3.77. The Bertz CT molecular complexity index is 1160. The Morgan fingerprint density at radius 2 is 2.04 bits per heavy atom. The lowest BCUT2D eigenvalue weighted by Crippen LogP contribution is -2.14. The molecule has 0 bridgehead atoms. The fourth-order valence-corrected chi connectivity index (χ4v) is 4.62. The molecular weight excluding hydrogens is 364 g/mol. The third-order valence-electron chi connectivity index (χ3n) is 4.21. The number of rotatable bonds is 4. The van der Waals surface area contributed by atoms with Gasteiger partial charge in [0, 0.05) is 35.3 Å². The Kier molecular flexibility index (Phi) is 4.42. The molecule has 3 aromatic heterocycles. The van der Waals surface area contributed by atoms with E-state index in [1.807, 2.05) is 18.5 Å². The molecule has 1 aromatic carbocycles. The summed E-state index contributed by atoms with van der Waals surface area (Å²) in [5.74, 6) is 0.602. The van der Waals surface area contributed by atoms with Crippen molar-refractivity contribution < 1.29 is 0 Å². The quantitative estimate of drug-likeness (QED) is 0.497. The molecule has 132 valence electrons. The Balaban J connectivity index is 1.63. The lowest BCUT2D eigenvalue weighted by Gasteiger charge is -2.11. The first-order valence-electron chi connectivity index (χ1n) is 8.23. The number of benzene rings is 1. The average Bonchev–Trinajstić information content (AvgIpc) is 3.22. The van der Waals surface area contributed by atoms with Gasteiger partial charge in [-0.3, -0.25) is 13.8 Å². The van der Waals surface area contributed by atoms with E-state index in [2.05, 4.69) is 46.6 Å². The molecule has 3 heterocycles. The van der Waals surface area contributed by atoms with Crippen LogP contribution in [0.3, 0.4) is 0 Å². The Labute approximate surface area is 159 Å². The van der Waals surface area contributed by atoms with Gasteiger partial charge in [-0.25, -0.2) is 9.97 Å². The first-order valence-corrected chi connectivity index (χ1v) is 10.1. The van der Waals surface area contributed by atoms with Crippen LogP contribution >= 0.6 is 23.1 Å². The SMILES string of the molecule is Cc1ccc(C)c(-n2ccnc2SCc2cc(=O)n3c(C)csc3n2)c1. The fourth-order valence-electron chi connectivity index (χ4n) is 2.87. The molecule has 0 unspecified atom stereocenters. The number of thioether (sulfide) groups is 1. The van der Waals surface area contributed by atoms with Crippen molar-refractivity contribution in [2.45, 2.75) is 31.7 Å². The van der Waals surface area contributed by atoms with E-state index < -0.39 is 0 Å². The summed E-state index contributed by atoms with van der Waals surface area (Å²) >= 11 is 3.08. The summed E-state index contributed by atoms with van der Waals surface area (Å²) in [5.41, 5.74) is 5.21. The summed E-state index contributed by atoms with van der Waals surface area (Å²) in [6, 6.07) is 8.00. The number of hydrogen-bond acceptors (Lipinski definition) is 5. The molecule has 0 aliphatic rings. The Morgan fingerprint density at radius 1 is 1.19 bits per heavy atom. The highest BCUT2D eigenvalue weighted by Gasteiger charge is 2.11. The molecule has 0 radical (unpaired) electrons. The zero-order chi connectivity index (χ0) is 18.3. The minimum Gasteiger partial charge on any atom is -0.295 e. The molecule has 0 atom stereocenters. The van der Waals surface area contributed by atoms with Crippen molar-refractivity contribution in [2.75, 3.05) is 0 Å². The molecule has 0 saturated heterocycles. The van der Waals surface area contributed by atoms with Crippen molar-refractivity contribution in [3.05, 3.63) is 74.9 Å². The summed E-state index contributed by atoms with van der Waals surface area (Å²) in [7, 11) is 0. The number of nitrogens with zero attached hydrogens (tertiary/aromatic N) is 4. The van der Waals surface area contributed by atoms with Gasteiger partial charge in [0.2, 0.25) is 0 Å². The van der Waals surface area contributed by atoms with Gasteiger partial charge in [0.1, 0.15) is 0 Å². The maximum atomic E-state index is 12.3. The largest absolute Gasteiger partial charge is 0.295 e. The van der Waals surface area contributed by atoms with Crippen molar-refractivity contribution in [1.82, 2.24) is 18.9 Å². The monoisotopic (exact) mass is 382 g/mol. The van der Waals surface area contributed by atoms with Gasteiger partial charge in [-0.1, -0.05) is 23.9 Å². The van der Waals surface area contributed by atoms with Crippen molar-refractivity contribution >= 4 is 28.1 Å². The Hall–Kier alpha value is -2.38. The number of aromatic nitrogens is 4. The lowest BCUT2D eigenvalue weighted by molar-refractivity contribution is 0.885. The average molecular weight is 383 g/mol. The Morgan fingerprint density at radius 3 is 2.88 bits per heavy atom. The van der Waals surface area contributed by atoms with Crippen LogP contribution in [-0.2, 0) is 5.75 Å². The third kappa shape index (κ3) is 3.08. The fraction of sp³-hybridized carbons (Fsp3) is 0.211. The molecule has 0 aliphatic heterocycles. The summed E-state index contributed by atoms with van der Waals surface area (Å²) < 4.78 is 3.74. The van der Waals surface area contributed by atoms with Crippen molar-refractivity contribution in [3.63, 3.8) is 0 Å². The second kappa shape index (κ2) is 6.74. The molecule has 0 N–H and O–H groups in total. The zero-order valence-electron chi connectivity index (χ0n) is 14.8. The van der Waals surface area contributed by atoms with Crippen LogP contribution < -0.4 is 5.56 Å². The molecule has 0 fully saturated rings. The van der Waals surface area contributed by atoms with Crippen molar-refractivity contribution in [3.8, 4) is 5.69 Å². The number of thiazole rings is 1. The van der Waals surface area contributed by atoms with E-state index >= 15 is 0 Å². The molecule has 0 amide bonds. The summed E-state index contributed by atoms with van der Waals surface area (Å²) in [6.45, 7) is 6.10. The molecule has 0 spiro atoms. The van der Waals surface area contributed by atoms with Crippen LogP contribution in [0.2, 0.25) is 0 Å². The van der Waals surface area contributed by atoms with Crippen LogP contribution in [0.15, 0.2) is 52.0 Å². The molecule has 4 rings (SSSR count). The van der Waals surface area contributed by atoms with E-state index in [1.54, 1.807) is 28.4 Å². The van der Waals surface area contributed by atoms with Crippen LogP contribution in [0.5, 0.6) is 0 Å². The number of fused-ring (bicyclic) bond motifs is 1. The maximum absolute atomic E-state index is 12.3. The number of imidazole rings is 1.